The molecule has 9 atom stereocenters. The minimum atomic E-state index is -1.36. The molecule has 1 amide bonds. The van der Waals surface area contributed by atoms with Crippen LogP contribution in [0, 0.1) is 5.92 Å². The first-order chi connectivity index (χ1) is 12.7. The molecule has 2 saturated heterocycles. The first-order valence-corrected chi connectivity index (χ1v) is 11.3. The van der Waals surface area contributed by atoms with E-state index in [1.165, 1.54) is 11.8 Å². The average molecular weight is 425 g/mol. The second kappa shape index (κ2) is 10.1. The second-order valence-corrected chi connectivity index (χ2v) is 9.36. The van der Waals surface area contributed by atoms with Crippen molar-refractivity contribution >= 4 is 29.3 Å². The summed E-state index contributed by atoms with van der Waals surface area (Å²) in [5, 5.41) is 33.0. The number of alkyl halides is 1. The number of hydrogen-bond acceptors (Lipinski definition) is 7. The highest BCUT2D eigenvalue weighted by Crippen LogP contribution is 2.31. The van der Waals surface area contributed by atoms with E-state index in [0.29, 0.717) is 5.92 Å². The Morgan fingerprint density at radius 1 is 1.33 bits per heavy atom. The third-order valence-corrected chi connectivity index (χ3v) is 6.76. The number of rotatable bonds is 7. The molecule has 0 aliphatic carbocycles. The fourth-order valence-electron chi connectivity index (χ4n) is 4.11. The van der Waals surface area contributed by atoms with Gasteiger partial charge >= 0.3 is 0 Å². The highest BCUT2D eigenvalue weighted by molar-refractivity contribution is 7.99. The number of likely N-dealkylation sites (tertiary alicyclic amines) is 1. The molecule has 158 valence electrons. The van der Waals surface area contributed by atoms with Gasteiger partial charge in [-0.3, -0.25) is 9.69 Å². The summed E-state index contributed by atoms with van der Waals surface area (Å²) < 4.78 is 5.79. The maximum absolute atomic E-state index is 12.9. The predicted molar refractivity (Wildman–Crippen MR) is 107 cm³/mol. The molecule has 0 bridgehead atoms. The van der Waals surface area contributed by atoms with Crippen LogP contribution in [-0.4, -0.2) is 93.3 Å². The van der Waals surface area contributed by atoms with Gasteiger partial charge in [0, 0.05) is 6.54 Å². The lowest BCUT2D eigenvalue weighted by molar-refractivity contribution is -0.205. The van der Waals surface area contributed by atoms with Crippen LogP contribution in [0.2, 0.25) is 0 Å². The van der Waals surface area contributed by atoms with Gasteiger partial charge in [-0.2, -0.15) is 0 Å². The number of hydrogen-bond donors (Lipinski definition) is 4. The fourth-order valence-corrected chi connectivity index (χ4v) is 5.00. The van der Waals surface area contributed by atoms with E-state index in [-0.39, 0.29) is 11.9 Å². The van der Waals surface area contributed by atoms with Crippen LogP contribution in [-0.2, 0) is 9.53 Å². The number of aliphatic hydroxyl groups excluding tert-OH is 3. The van der Waals surface area contributed by atoms with Crippen molar-refractivity contribution in [2.45, 2.75) is 80.4 Å². The van der Waals surface area contributed by atoms with Crippen LogP contribution in [0.5, 0.6) is 0 Å². The van der Waals surface area contributed by atoms with E-state index >= 15 is 0 Å². The molecule has 2 fully saturated rings. The largest absolute Gasteiger partial charge is 0.388 e. The molecule has 0 aromatic rings. The summed E-state index contributed by atoms with van der Waals surface area (Å²) in [6.07, 6.45) is -0.0980. The quantitative estimate of drug-likeness (QED) is 0.438. The number of likely N-dealkylation sites (N-methyl/N-ethyl adjacent to an activating group) is 1. The Morgan fingerprint density at radius 3 is 2.56 bits per heavy atom. The van der Waals surface area contributed by atoms with Crippen LogP contribution < -0.4 is 5.32 Å². The third-order valence-electron chi connectivity index (χ3n) is 5.63. The second-order valence-electron chi connectivity index (χ2n) is 7.73. The number of carbonyl (C=O) groups excluding carboxylic acids is 1. The normalized spacial score (nSPS) is 39.9. The molecule has 9 heteroatoms. The standard InChI is InChI=1S/C18H33ClN2O5S/c1-5-6-10-7-11(21(3)8-10)17(25)20-12(9(2)19)16-14(23)13(22)15(24)18(26-16)27-4/h9-16,18,22-24H,5-8H2,1-4H3,(H,20,25)/t9-,10+,11?,12+,13?,14+,15?,16+,18+/m0/s1. The lowest BCUT2D eigenvalue weighted by Crippen LogP contribution is -2.65. The van der Waals surface area contributed by atoms with E-state index in [4.69, 9.17) is 16.3 Å². The Hall–Kier alpha value is -0.0900. The van der Waals surface area contributed by atoms with Crippen molar-refractivity contribution < 1.29 is 24.9 Å². The Morgan fingerprint density at radius 2 is 2.00 bits per heavy atom. The summed E-state index contributed by atoms with van der Waals surface area (Å²) in [5.74, 6) is 0.350. The summed E-state index contributed by atoms with van der Waals surface area (Å²) in [7, 11) is 1.94. The Bertz CT molecular complexity index is 498. The molecule has 2 aliphatic heterocycles. The van der Waals surface area contributed by atoms with E-state index in [1.54, 1.807) is 13.2 Å². The van der Waals surface area contributed by atoms with Crippen molar-refractivity contribution in [1.82, 2.24) is 10.2 Å². The molecule has 2 rings (SSSR count). The maximum atomic E-state index is 12.9. The highest BCUT2D eigenvalue weighted by atomic mass is 35.5. The van der Waals surface area contributed by atoms with Gasteiger partial charge < -0.3 is 25.4 Å². The predicted octanol–water partition coefficient (Wildman–Crippen LogP) is 0.390. The number of nitrogens with zero attached hydrogens (tertiary/aromatic N) is 1. The van der Waals surface area contributed by atoms with Gasteiger partial charge in [-0.25, -0.2) is 0 Å². The van der Waals surface area contributed by atoms with Gasteiger partial charge in [0.25, 0.3) is 0 Å². The molecule has 2 aliphatic rings. The van der Waals surface area contributed by atoms with E-state index in [9.17, 15) is 20.1 Å². The minimum Gasteiger partial charge on any atom is -0.388 e. The Balaban J connectivity index is 2.09. The maximum Gasteiger partial charge on any atom is 0.237 e. The number of amides is 1. The Labute approximate surface area is 170 Å². The van der Waals surface area contributed by atoms with E-state index in [1.807, 2.05) is 11.9 Å². The summed E-state index contributed by atoms with van der Waals surface area (Å²) >= 11 is 7.55. The van der Waals surface area contributed by atoms with Crippen molar-refractivity contribution in [3.05, 3.63) is 0 Å². The highest BCUT2D eigenvalue weighted by Gasteiger charge is 2.48. The number of ether oxygens (including phenoxy) is 1. The zero-order chi connectivity index (χ0) is 20.3. The summed E-state index contributed by atoms with van der Waals surface area (Å²) in [5.41, 5.74) is -0.702. The average Bonchev–Trinajstić information content (AvgIpc) is 2.99. The van der Waals surface area contributed by atoms with Crippen molar-refractivity contribution in [1.29, 1.82) is 0 Å². The van der Waals surface area contributed by atoms with Crippen molar-refractivity contribution in [3.63, 3.8) is 0 Å². The zero-order valence-electron chi connectivity index (χ0n) is 16.4. The monoisotopic (exact) mass is 424 g/mol. The SMILES string of the molecule is CCC[C@@H]1CC(C(=O)N[C@@H]([C@H]2O[C@H](SC)C(O)C(O)[C@H]2O)[C@H](C)Cl)N(C)C1. The van der Waals surface area contributed by atoms with Crippen LogP contribution in [0.1, 0.15) is 33.1 Å². The first kappa shape index (κ1) is 23.2. The minimum absolute atomic E-state index is 0.147. The van der Waals surface area contributed by atoms with Gasteiger partial charge in [0.15, 0.2) is 0 Å². The smallest absolute Gasteiger partial charge is 0.237 e. The van der Waals surface area contributed by atoms with Crippen molar-refractivity contribution in [2.75, 3.05) is 19.8 Å². The van der Waals surface area contributed by atoms with E-state index < -0.39 is 41.3 Å². The van der Waals surface area contributed by atoms with Gasteiger partial charge in [0.2, 0.25) is 5.91 Å². The van der Waals surface area contributed by atoms with Gasteiger partial charge in [-0.1, -0.05) is 13.3 Å². The molecule has 0 saturated carbocycles. The number of aliphatic hydroxyl groups is 3. The number of thioether (sulfide) groups is 1. The molecule has 0 radical (unpaired) electrons. The fraction of sp³-hybridized carbons (Fsp3) is 0.944. The third kappa shape index (κ3) is 5.29. The Kier molecular flexibility index (Phi) is 8.67. The van der Waals surface area contributed by atoms with Crippen LogP contribution >= 0.6 is 23.4 Å². The summed E-state index contributed by atoms with van der Waals surface area (Å²) in [6, 6.07) is -0.934. The van der Waals surface area contributed by atoms with Gasteiger partial charge in [0.1, 0.15) is 29.9 Å². The topological polar surface area (TPSA) is 102 Å². The molecular weight excluding hydrogens is 392 g/mol. The molecule has 0 aromatic carbocycles. The van der Waals surface area contributed by atoms with Crippen LogP contribution in [0.25, 0.3) is 0 Å². The van der Waals surface area contributed by atoms with E-state index in [2.05, 4.69) is 12.2 Å². The number of halogens is 1. The van der Waals surface area contributed by atoms with Crippen molar-refractivity contribution in [3.8, 4) is 0 Å². The molecule has 0 spiro atoms. The summed E-state index contributed by atoms with van der Waals surface area (Å²) in [6.45, 7) is 4.74. The van der Waals surface area contributed by atoms with Gasteiger partial charge in [-0.05, 0) is 39.0 Å². The number of nitrogens with one attached hydrogen (secondary N) is 1. The van der Waals surface area contributed by atoms with Gasteiger partial charge in [0.05, 0.1) is 17.5 Å². The molecular formula is C18H33ClN2O5S. The lowest BCUT2D eigenvalue weighted by Gasteiger charge is -2.44. The molecule has 27 heavy (non-hydrogen) atoms. The summed E-state index contributed by atoms with van der Waals surface area (Å²) in [4.78, 5) is 14.9. The molecule has 7 nitrogen and oxygen atoms in total. The van der Waals surface area contributed by atoms with Crippen LogP contribution in [0.15, 0.2) is 0 Å². The van der Waals surface area contributed by atoms with Crippen LogP contribution in [0.4, 0.5) is 0 Å². The zero-order valence-corrected chi connectivity index (χ0v) is 18.0. The molecule has 4 N–H and O–H groups in total. The van der Waals surface area contributed by atoms with Crippen molar-refractivity contribution in [2.24, 2.45) is 5.92 Å². The molecule has 2 heterocycles. The molecule has 0 aromatic heterocycles. The van der Waals surface area contributed by atoms with Gasteiger partial charge in [-0.15, -0.1) is 23.4 Å². The van der Waals surface area contributed by atoms with Crippen LogP contribution in [0.3, 0.4) is 0 Å². The van der Waals surface area contributed by atoms with E-state index in [0.717, 1.165) is 25.8 Å². The lowest BCUT2D eigenvalue weighted by atomic mass is 9.92. The molecule has 3 unspecified atom stereocenters. The first-order valence-electron chi connectivity index (χ1n) is 9.58. The number of carbonyl (C=O) groups is 1.